The van der Waals surface area contributed by atoms with Gasteiger partial charge in [0.15, 0.2) is 11.0 Å². The van der Waals surface area contributed by atoms with Crippen LogP contribution in [0.25, 0.3) is 28.2 Å². The summed E-state index contributed by atoms with van der Waals surface area (Å²) in [5.74, 6) is 1.28. The lowest BCUT2D eigenvalue weighted by Gasteiger charge is -2.11. The number of rotatable bonds is 10. The molecular formula is C32H28ClN5O2S. The van der Waals surface area contributed by atoms with Crippen LogP contribution in [0.3, 0.4) is 0 Å². The Balaban J connectivity index is 1.29. The fourth-order valence-electron chi connectivity index (χ4n) is 4.15. The van der Waals surface area contributed by atoms with Crippen LogP contribution in [0.15, 0.2) is 113 Å². The largest absolute Gasteiger partial charge is 0.494 e. The van der Waals surface area contributed by atoms with E-state index in [-0.39, 0.29) is 11.7 Å². The number of thioether (sulfide) groups is 1. The minimum atomic E-state index is -0.246. The standard InChI is InChI=1S/C32H28ClN5O2S/c1-3-40-29-19-17-28(18-20-29)38-31(26-13-15-27(33)16-14-26)36-37-32(38)41-21-30(39)35-34-22(2)23-9-11-25(12-10-23)24-7-5-4-6-8-24/h4-20H,3,21H2,1-2H3,(H,35,39)/b34-22+. The zero-order chi connectivity index (χ0) is 28.6. The van der Waals surface area contributed by atoms with Gasteiger partial charge in [-0.2, -0.15) is 5.10 Å². The van der Waals surface area contributed by atoms with Gasteiger partial charge in [0.1, 0.15) is 5.75 Å². The van der Waals surface area contributed by atoms with Crippen LogP contribution in [0.5, 0.6) is 5.75 Å². The number of hydrogen-bond donors (Lipinski definition) is 1. The maximum absolute atomic E-state index is 12.7. The van der Waals surface area contributed by atoms with Crippen molar-refractivity contribution in [2.75, 3.05) is 12.4 Å². The highest BCUT2D eigenvalue weighted by Gasteiger charge is 2.17. The molecule has 0 spiro atoms. The summed E-state index contributed by atoms with van der Waals surface area (Å²) in [5, 5.41) is 14.3. The van der Waals surface area contributed by atoms with Crippen molar-refractivity contribution in [3.05, 3.63) is 114 Å². The third kappa shape index (κ3) is 7.03. The third-order valence-electron chi connectivity index (χ3n) is 6.23. The molecule has 41 heavy (non-hydrogen) atoms. The van der Waals surface area contributed by atoms with Crippen LogP contribution in [-0.2, 0) is 4.79 Å². The molecule has 0 aliphatic carbocycles. The van der Waals surface area contributed by atoms with Gasteiger partial charge in [0.05, 0.1) is 18.1 Å². The van der Waals surface area contributed by atoms with Gasteiger partial charge in [-0.15, -0.1) is 10.2 Å². The Morgan fingerprint density at radius 2 is 1.54 bits per heavy atom. The molecule has 4 aromatic carbocycles. The van der Waals surface area contributed by atoms with Crippen LogP contribution in [0.1, 0.15) is 19.4 Å². The van der Waals surface area contributed by atoms with Crippen LogP contribution in [0.4, 0.5) is 0 Å². The second-order valence-corrected chi connectivity index (χ2v) is 10.4. The third-order valence-corrected chi connectivity index (χ3v) is 7.41. The van der Waals surface area contributed by atoms with E-state index in [2.05, 4.69) is 32.9 Å². The van der Waals surface area contributed by atoms with Crippen LogP contribution in [0.2, 0.25) is 5.02 Å². The van der Waals surface area contributed by atoms with Gasteiger partial charge in [-0.25, -0.2) is 5.43 Å². The lowest BCUT2D eigenvalue weighted by atomic mass is 10.0. The van der Waals surface area contributed by atoms with E-state index in [0.29, 0.717) is 28.3 Å². The number of carbonyl (C=O) groups is 1. The van der Waals surface area contributed by atoms with Crippen molar-refractivity contribution in [1.29, 1.82) is 0 Å². The molecule has 9 heteroatoms. The van der Waals surface area contributed by atoms with E-state index < -0.39 is 0 Å². The maximum atomic E-state index is 12.7. The molecule has 1 N–H and O–H groups in total. The molecule has 0 aliphatic heterocycles. The van der Waals surface area contributed by atoms with Gasteiger partial charge in [0.2, 0.25) is 0 Å². The second-order valence-electron chi connectivity index (χ2n) is 9.04. The molecule has 7 nitrogen and oxygen atoms in total. The molecule has 0 radical (unpaired) electrons. The van der Waals surface area contributed by atoms with Gasteiger partial charge in [-0.3, -0.25) is 9.36 Å². The number of nitrogens with zero attached hydrogens (tertiary/aromatic N) is 4. The molecule has 0 saturated carbocycles. The number of hydrogen-bond acceptors (Lipinski definition) is 6. The summed E-state index contributed by atoms with van der Waals surface area (Å²) in [6.07, 6.45) is 0. The highest BCUT2D eigenvalue weighted by atomic mass is 35.5. The summed E-state index contributed by atoms with van der Waals surface area (Å²) in [5.41, 5.74) is 8.28. The van der Waals surface area contributed by atoms with Crippen LogP contribution in [-0.4, -0.2) is 38.7 Å². The number of amides is 1. The van der Waals surface area contributed by atoms with Crippen molar-refractivity contribution >= 4 is 35.0 Å². The number of ether oxygens (including phenoxy) is 1. The molecule has 0 aliphatic rings. The van der Waals surface area contributed by atoms with E-state index in [4.69, 9.17) is 16.3 Å². The van der Waals surface area contributed by atoms with Crippen molar-refractivity contribution < 1.29 is 9.53 Å². The summed E-state index contributed by atoms with van der Waals surface area (Å²) < 4.78 is 7.51. The number of hydrazone groups is 1. The topological polar surface area (TPSA) is 81.4 Å². The van der Waals surface area contributed by atoms with Crippen molar-refractivity contribution in [3.63, 3.8) is 0 Å². The number of halogens is 1. The first kappa shape index (κ1) is 28.1. The molecule has 206 valence electrons. The Labute approximate surface area is 248 Å². The van der Waals surface area contributed by atoms with Crippen LogP contribution in [0, 0.1) is 0 Å². The summed E-state index contributed by atoms with van der Waals surface area (Å²) in [4.78, 5) is 12.7. The smallest absolute Gasteiger partial charge is 0.250 e. The Bertz CT molecular complexity index is 1640. The molecule has 1 heterocycles. The Hall–Kier alpha value is -4.40. The number of carbonyl (C=O) groups excluding carboxylic acids is 1. The summed E-state index contributed by atoms with van der Waals surface area (Å²) in [6, 6.07) is 33.3. The average Bonchev–Trinajstić information content (AvgIpc) is 3.44. The zero-order valence-electron chi connectivity index (χ0n) is 22.6. The molecule has 1 aromatic heterocycles. The minimum Gasteiger partial charge on any atom is -0.494 e. The van der Waals surface area contributed by atoms with Gasteiger partial charge >= 0.3 is 0 Å². The quantitative estimate of drug-likeness (QED) is 0.106. The number of aromatic nitrogens is 3. The van der Waals surface area contributed by atoms with Gasteiger partial charge < -0.3 is 4.74 Å². The predicted octanol–water partition coefficient (Wildman–Crippen LogP) is 7.29. The molecule has 5 aromatic rings. The maximum Gasteiger partial charge on any atom is 0.250 e. The van der Waals surface area contributed by atoms with Crippen molar-refractivity contribution in [3.8, 4) is 34.0 Å². The first-order valence-corrected chi connectivity index (χ1v) is 14.4. The Morgan fingerprint density at radius 1 is 0.878 bits per heavy atom. The lowest BCUT2D eigenvalue weighted by molar-refractivity contribution is -0.118. The first-order chi connectivity index (χ1) is 20.0. The van der Waals surface area contributed by atoms with Crippen molar-refractivity contribution in [2.45, 2.75) is 19.0 Å². The van der Waals surface area contributed by atoms with Crippen LogP contribution >= 0.6 is 23.4 Å². The molecule has 0 fully saturated rings. The number of benzene rings is 4. The average molecular weight is 582 g/mol. The number of nitrogens with one attached hydrogen (secondary N) is 1. The molecule has 1 amide bonds. The summed E-state index contributed by atoms with van der Waals surface area (Å²) in [6.45, 7) is 4.39. The molecule has 0 atom stereocenters. The van der Waals surface area contributed by atoms with Crippen molar-refractivity contribution in [2.24, 2.45) is 5.10 Å². The predicted molar refractivity (Wildman–Crippen MR) is 166 cm³/mol. The monoisotopic (exact) mass is 581 g/mol. The van der Waals surface area contributed by atoms with Gasteiger partial charge in [-0.1, -0.05) is 78.0 Å². The highest BCUT2D eigenvalue weighted by Crippen LogP contribution is 2.29. The molecule has 0 unspecified atom stereocenters. The summed E-state index contributed by atoms with van der Waals surface area (Å²) >= 11 is 7.38. The molecule has 0 bridgehead atoms. The van der Waals surface area contributed by atoms with Crippen molar-refractivity contribution in [1.82, 2.24) is 20.2 Å². The Morgan fingerprint density at radius 3 is 2.22 bits per heavy atom. The second kappa shape index (κ2) is 13.3. The fraction of sp³-hybridized carbons (Fsp3) is 0.125. The molecule has 0 saturated heterocycles. The molecule has 5 rings (SSSR count). The molecular weight excluding hydrogens is 554 g/mol. The van der Waals surface area contributed by atoms with E-state index in [1.807, 2.05) is 109 Å². The van der Waals surface area contributed by atoms with E-state index in [9.17, 15) is 4.79 Å². The van der Waals surface area contributed by atoms with E-state index in [0.717, 1.165) is 33.7 Å². The van der Waals surface area contributed by atoms with E-state index in [1.165, 1.54) is 11.8 Å². The van der Waals surface area contributed by atoms with Gasteiger partial charge in [0.25, 0.3) is 5.91 Å². The summed E-state index contributed by atoms with van der Waals surface area (Å²) in [7, 11) is 0. The Kier molecular flexibility index (Phi) is 9.13. The fourth-order valence-corrected chi connectivity index (χ4v) is 5.02. The van der Waals surface area contributed by atoms with Crippen LogP contribution < -0.4 is 10.2 Å². The first-order valence-electron chi connectivity index (χ1n) is 13.1. The van der Waals surface area contributed by atoms with E-state index >= 15 is 0 Å². The normalized spacial score (nSPS) is 11.3. The van der Waals surface area contributed by atoms with E-state index in [1.54, 1.807) is 0 Å². The minimum absolute atomic E-state index is 0.111. The lowest BCUT2D eigenvalue weighted by Crippen LogP contribution is -2.21. The highest BCUT2D eigenvalue weighted by molar-refractivity contribution is 7.99. The SMILES string of the molecule is CCOc1ccc(-n2c(SCC(=O)N/N=C(\C)c3ccc(-c4ccccc4)cc3)nnc2-c2ccc(Cl)cc2)cc1. The van der Waals surface area contributed by atoms with Gasteiger partial charge in [-0.05, 0) is 79.1 Å². The zero-order valence-corrected chi connectivity index (χ0v) is 24.2. The van der Waals surface area contributed by atoms with Gasteiger partial charge in [0, 0.05) is 16.3 Å².